The molecule has 0 spiro atoms. The van der Waals surface area contributed by atoms with Crippen LogP contribution in [0.4, 0.5) is 4.79 Å². The standard InChI is InChI=1S/C36H47N5O11S/c1-6-27-29(38-34(45)46)32(43)41-19-24(52-31-25-12-11-23(49-4)15-21(25)16-28(37-31)50-5)17-26(41)30(42)39-36(18-22(36)10-8-7-9-20(2)51-27)33(44)40-53(47,48)35(3)13-14-35/h8,10-12,15-16,20,22,24,26-27,29,38H,6-7,9,13-14,17-19H2,1-5H3,(H,39,42)(H,40,44)(H,45,46)/b10-8-/t20-,22-,24-,26+,27+,29+,36-/m1/s1. The molecule has 1 saturated heterocycles. The molecule has 3 fully saturated rings. The number of carbonyl (C=O) groups is 4. The summed E-state index contributed by atoms with van der Waals surface area (Å²) in [4.78, 5) is 60.5. The molecular weight excluding hydrogens is 710 g/mol. The Bertz CT molecular complexity index is 1910. The molecule has 2 aromatic rings. The van der Waals surface area contributed by atoms with Gasteiger partial charge in [0.25, 0.3) is 5.91 Å². The van der Waals surface area contributed by atoms with Crippen molar-refractivity contribution in [3.8, 4) is 17.5 Å². The predicted molar refractivity (Wildman–Crippen MR) is 191 cm³/mol. The number of aromatic nitrogens is 1. The van der Waals surface area contributed by atoms with E-state index < -0.39 is 74.3 Å². The minimum Gasteiger partial charge on any atom is -0.497 e. The summed E-state index contributed by atoms with van der Waals surface area (Å²) in [5.41, 5.74) is -1.59. The number of methoxy groups -OCH3 is 2. The maximum Gasteiger partial charge on any atom is 0.405 e. The number of nitrogens with one attached hydrogen (secondary N) is 3. The molecule has 0 radical (unpaired) electrons. The average molecular weight is 758 g/mol. The Labute approximate surface area is 308 Å². The summed E-state index contributed by atoms with van der Waals surface area (Å²) in [6.45, 7) is 5.01. The Balaban J connectivity index is 1.36. The lowest BCUT2D eigenvalue weighted by molar-refractivity contribution is -0.145. The number of carbonyl (C=O) groups excluding carboxylic acids is 3. The van der Waals surface area contributed by atoms with Gasteiger partial charge in [-0.25, -0.2) is 13.2 Å². The van der Waals surface area contributed by atoms with Crippen molar-refractivity contribution in [3.05, 3.63) is 36.4 Å². The van der Waals surface area contributed by atoms with E-state index in [9.17, 15) is 32.7 Å². The van der Waals surface area contributed by atoms with Crippen molar-refractivity contribution in [1.29, 1.82) is 0 Å². The van der Waals surface area contributed by atoms with E-state index in [2.05, 4.69) is 20.3 Å². The first-order chi connectivity index (χ1) is 25.1. The molecule has 0 unspecified atom stereocenters. The highest BCUT2D eigenvalue weighted by Gasteiger charge is 2.63. The Morgan fingerprint density at radius 3 is 2.58 bits per heavy atom. The lowest BCUT2D eigenvalue weighted by Gasteiger charge is -2.33. The van der Waals surface area contributed by atoms with E-state index in [1.54, 1.807) is 51.3 Å². The van der Waals surface area contributed by atoms with Crippen molar-refractivity contribution in [2.75, 3.05) is 20.8 Å². The van der Waals surface area contributed by atoms with Crippen LogP contribution in [0.2, 0.25) is 0 Å². The van der Waals surface area contributed by atoms with Crippen molar-refractivity contribution in [2.24, 2.45) is 5.92 Å². The third-order valence-electron chi connectivity index (χ3n) is 10.7. The van der Waals surface area contributed by atoms with Crippen molar-refractivity contribution in [3.63, 3.8) is 0 Å². The fraction of sp³-hybridized carbons (Fsp3) is 0.583. The Hall–Kier alpha value is -4.64. The number of hydrogen-bond donors (Lipinski definition) is 4. The van der Waals surface area contributed by atoms with Gasteiger partial charge >= 0.3 is 6.09 Å². The Kier molecular flexibility index (Phi) is 10.5. The van der Waals surface area contributed by atoms with Crippen LogP contribution in [0.1, 0.15) is 65.7 Å². The zero-order chi connectivity index (χ0) is 38.3. The number of sulfonamides is 1. The molecule has 0 bridgehead atoms. The van der Waals surface area contributed by atoms with Gasteiger partial charge in [0, 0.05) is 23.8 Å². The number of nitrogens with zero attached hydrogens (tertiary/aromatic N) is 2. The van der Waals surface area contributed by atoms with E-state index in [4.69, 9.17) is 18.9 Å². The number of amides is 4. The van der Waals surface area contributed by atoms with Crippen LogP contribution >= 0.6 is 0 Å². The van der Waals surface area contributed by atoms with E-state index in [1.807, 2.05) is 13.0 Å². The monoisotopic (exact) mass is 757 g/mol. The maximum absolute atomic E-state index is 14.5. The molecule has 1 aromatic carbocycles. The van der Waals surface area contributed by atoms with Gasteiger partial charge in [0.05, 0.1) is 37.7 Å². The van der Waals surface area contributed by atoms with Gasteiger partial charge in [-0.1, -0.05) is 19.1 Å². The van der Waals surface area contributed by atoms with Crippen LogP contribution in [0.5, 0.6) is 17.5 Å². The van der Waals surface area contributed by atoms with Crippen LogP contribution in [-0.2, 0) is 29.1 Å². The molecule has 2 saturated carbocycles. The summed E-state index contributed by atoms with van der Waals surface area (Å²) in [5, 5.41) is 16.3. The first kappa shape index (κ1) is 38.1. The number of ether oxygens (including phenoxy) is 4. The van der Waals surface area contributed by atoms with Gasteiger partial charge in [-0.15, -0.1) is 0 Å². The van der Waals surface area contributed by atoms with Crippen molar-refractivity contribution in [1.82, 2.24) is 25.2 Å². The SMILES string of the molecule is CC[C@@H]1O[C@H](C)CC/C=C\[C@@H]2C[C@@]2(C(=O)NS(=O)(=O)C2(C)CC2)NC(=O)[C@@H]2C[C@@H](Oc3nc(OC)cc4cc(OC)ccc34)CN2C(=O)[C@H]1NC(=O)O. The van der Waals surface area contributed by atoms with Crippen molar-refractivity contribution in [2.45, 2.75) is 106 Å². The molecule has 53 heavy (non-hydrogen) atoms. The number of hydrogen-bond acceptors (Lipinski definition) is 11. The average Bonchev–Trinajstić information content (AvgIpc) is 4.00. The van der Waals surface area contributed by atoms with E-state index >= 15 is 0 Å². The van der Waals surface area contributed by atoms with Crippen LogP contribution in [-0.4, -0.2) is 109 Å². The molecule has 17 heteroatoms. The van der Waals surface area contributed by atoms with E-state index in [0.29, 0.717) is 42.2 Å². The molecule has 4 N–H and O–H groups in total. The van der Waals surface area contributed by atoms with Crippen LogP contribution in [0.25, 0.3) is 10.8 Å². The topological polar surface area (TPSA) is 212 Å². The predicted octanol–water partition coefficient (Wildman–Crippen LogP) is 2.64. The highest BCUT2D eigenvalue weighted by Crippen LogP contribution is 2.47. The summed E-state index contributed by atoms with van der Waals surface area (Å²) in [6, 6.07) is 4.37. The smallest absolute Gasteiger partial charge is 0.405 e. The second kappa shape index (κ2) is 14.6. The number of benzene rings is 1. The summed E-state index contributed by atoms with van der Waals surface area (Å²) in [7, 11) is -1.03. The molecule has 1 aromatic heterocycles. The molecule has 2 aliphatic carbocycles. The largest absolute Gasteiger partial charge is 0.497 e. The first-order valence-corrected chi connectivity index (χ1v) is 19.3. The molecular formula is C36H47N5O11S. The normalized spacial score (nSPS) is 30.4. The lowest BCUT2D eigenvalue weighted by atomic mass is 10.0. The van der Waals surface area contributed by atoms with Gasteiger partial charge in [-0.3, -0.25) is 19.1 Å². The zero-order valence-corrected chi connectivity index (χ0v) is 31.2. The second-order valence-electron chi connectivity index (χ2n) is 14.5. The van der Waals surface area contributed by atoms with Gasteiger partial charge in [0.2, 0.25) is 33.6 Å². The number of fused-ring (bicyclic) bond motifs is 3. The number of allylic oxidation sites excluding steroid dienone is 1. The van der Waals surface area contributed by atoms with Crippen LogP contribution < -0.4 is 29.6 Å². The van der Waals surface area contributed by atoms with Gasteiger partial charge in [0.15, 0.2) is 0 Å². The summed E-state index contributed by atoms with van der Waals surface area (Å²) in [5.74, 6) is -1.78. The zero-order valence-electron chi connectivity index (χ0n) is 30.4. The van der Waals surface area contributed by atoms with Crippen molar-refractivity contribution < 1.29 is 51.6 Å². The van der Waals surface area contributed by atoms with Gasteiger partial charge in [-0.05, 0) is 76.0 Å². The van der Waals surface area contributed by atoms with Gasteiger partial charge < -0.3 is 39.6 Å². The molecule has 4 amide bonds. The van der Waals surface area contributed by atoms with Crippen molar-refractivity contribution >= 4 is 44.6 Å². The molecule has 2 aliphatic heterocycles. The maximum atomic E-state index is 14.5. The van der Waals surface area contributed by atoms with Gasteiger partial charge in [0.1, 0.15) is 29.5 Å². The molecule has 7 atom stereocenters. The molecule has 3 heterocycles. The quantitative estimate of drug-likeness (QED) is 0.272. The van der Waals surface area contributed by atoms with E-state index in [-0.39, 0.29) is 43.7 Å². The fourth-order valence-corrected chi connectivity index (χ4v) is 8.41. The molecule has 288 valence electrons. The molecule has 6 rings (SSSR count). The van der Waals surface area contributed by atoms with Crippen LogP contribution in [0, 0.1) is 5.92 Å². The summed E-state index contributed by atoms with van der Waals surface area (Å²) >= 11 is 0. The van der Waals surface area contributed by atoms with E-state index in [1.165, 1.54) is 12.0 Å². The molecule has 16 nitrogen and oxygen atoms in total. The number of carboxylic acid groups (broad SMARTS) is 1. The summed E-state index contributed by atoms with van der Waals surface area (Å²) in [6.07, 6.45) is 2.35. The number of pyridine rings is 1. The fourth-order valence-electron chi connectivity index (χ4n) is 7.09. The van der Waals surface area contributed by atoms with Gasteiger partial charge in [-0.2, -0.15) is 4.98 Å². The third-order valence-corrected chi connectivity index (χ3v) is 12.9. The Morgan fingerprint density at radius 2 is 1.92 bits per heavy atom. The molecule has 4 aliphatic rings. The minimum atomic E-state index is -4.03. The second-order valence-corrected chi connectivity index (χ2v) is 16.7. The highest BCUT2D eigenvalue weighted by molar-refractivity contribution is 7.91. The van der Waals surface area contributed by atoms with Crippen LogP contribution in [0.3, 0.4) is 0 Å². The van der Waals surface area contributed by atoms with Crippen LogP contribution in [0.15, 0.2) is 36.4 Å². The Morgan fingerprint density at radius 1 is 1.17 bits per heavy atom. The number of rotatable bonds is 9. The first-order valence-electron chi connectivity index (χ1n) is 17.8. The third kappa shape index (κ3) is 7.72. The minimum absolute atomic E-state index is 0.0590. The van der Waals surface area contributed by atoms with E-state index in [0.717, 1.165) is 0 Å². The lowest BCUT2D eigenvalue weighted by Crippen LogP contribution is -2.60. The highest BCUT2D eigenvalue weighted by atomic mass is 32.2. The summed E-state index contributed by atoms with van der Waals surface area (Å²) < 4.78 is 50.8.